The van der Waals surface area contributed by atoms with Gasteiger partial charge in [-0.1, -0.05) is 17.7 Å². The highest BCUT2D eigenvalue weighted by Gasteiger charge is 2.11. The predicted molar refractivity (Wildman–Crippen MR) is 71.3 cm³/mol. The van der Waals surface area contributed by atoms with E-state index in [1.807, 2.05) is 0 Å². The molecule has 0 unspecified atom stereocenters. The van der Waals surface area contributed by atoms with E-state index in [-0.39, 0.29) is 5.82 Å². The van der Waals surface area contributed by atoms with E-state index < -0.39 is 0 Å². The van der Waals surface area contributed by atoms with Crippen LogP contribution in [-0.2, 0) is 0 Å². The minimum Gasteiger partial charge on any atom is -0.344 e. The van der Waals surface area contributed by atoms with Crippen LogP contribution in [0.3, 0.4) is 0 Å². The van der Waals surface area contributed by atoms with Gasteiger partial charge in [-0.25, -0.2) is 4.39 Å². The summed E-state index contributed by atoms with van der Waals surface area (Å²) in [6.45, 7) is 0. The van der Waals surface area contributed by atoms with Gasteiger partial charge < -0.3 is 4.90 Å². The third-order valence-corrected chi connectivity index (χ3v) is 3.05. The van der Waals surface area contributed by atoms with E-state index >= 15 is 0 Å². The molecule has 0 aliphatic rings. The standard InChI is InChI=1S/C14H11ClFNO/c1-17(11-7-5-10(16)6-8-11)14-4-2-3-13(15)12(14)9-18/h2-9H,1H3. The molecule has 92 valence electrons. The number of carbonyl (C=O) groups is 1. The molecule has 0 amide bonds. The smallest absolute Gasteiger partial charge is 0.153 e. The molecule has 0 N–H and O–H groups in total. The molecule has 2 rings (SSSR count). The zero-order chi connectivity index (χ0) is 13.1. The van der Waals surface area contributed by atoms with Crippen LogP contribution in [0, 0.1) is 5.82 Å². The van der Waals surface area contributed by atoms with E-state index in [1.165, 1.54) is 12.1 Å². The van der Waals surface area contributed by atoms with Crippen molar-refractivity contribution in [1.29, 1.82) is 0 Å². The Morgan fingerprint density at radius 1 is 1.17 bits per heavy atom. The van der Waals surface area contributed by atoms with Crippen LogP contribution in [0.15, 0.2) is 42.5 Å². The van der Waals surface area contributed by atoms with Gasteiger partial charge in [0.25, 0.3) is 0 Å². The largest absolute Gasteiger partial charge is 0.344 e. The fraction of sp³-hybridized carbons (Fsp3) is 0.0714. The molecule has 0 saturated heterocycles. The summed E-state index contributed by atoms with van der Waals surface area (Å²) in [6, 6.07) is 11.3. The van der Waals surface area contributed by atoms with Gasteiger partial charge in [0.1, 0.15) is 5.82 Å². The van der Waals surface area contributed by atoms with Crippen molar-refractivity contribution >= 4 is 29.3 Å². The SMILES string of the molecule is CN(c1ccc(F)cc1)c1cccc(Cl)c1C=O. The fourth-order valence-corrected chi connectivity index (χ4v) is 1.95. The summed E-state index contributed by atoms with van der Waals surface area (Å²) in [4.78, 5) is 12.9. The van der Waals surface area contributed by atoms with E-state index in [1.54, 1.807) is 42.3 Å². The van der Waals surface area contributed by atoms with E-state index in [0.29, 0.717) is 16.3 Å². The first-order valence-corrected chi connectivity index (χ1v) is 5.74. The number of halogens is 2. The Balaban J connectivity index is 2.45. The van der Waals surface area contributed by atoms with Crippen LogP contribution in [0.1, 0.15) is 10.4 Å². The lowest BCUT2D eigenvalue weighted by atomic mass is 10.1. The Hall–Kier alpha value is -1.87. The molecule has 2 aromatic rings. The van der Waals surface area contributed by atoms with Crippen LogP contribution >= 0.6 is 11.6 Å². The minimum absolute atomic E-state index is 0.297. The molecule has 4 heteroatoms. The molecule has 0 spiro atoms. The Kier molecular flexibility index (Phi) is 3.63. The summed E-state index contributed by atoms with van der Waals surface area (Å²) in [6.07, 6.45) is 0.720. The number of benzene rings is 2. The third kappa shape index (κ3) is 2.36. The van der Waals surface area contributed by atoms with Gasteiger partial charge in [0.15, 0.2) is 6.29 Å². The molecular weight excluding hydrogens is 253 g/mol. The van der Waals surface area contributed by atoms with E-state index in [4.69, 9.17) is 11.6 Å². The molecule has 2 nitrogen and oxygen atoms in total. The maximum Gasteiger partial charge on any atom is 0.153 e. The van der Waals surface area contributed by atoms with Crippen LogP contribution < -0.4 is 4.90 Å². The number of hydrogen-bond acceptors (Lipinski definition) is 2. The second-order valence-electron chi connectivity index (χ2n) is 3.83. The summed E-state index contributed by atoms with van der Waals surface area (Å²) in [5.41, 5.74) is 1.89. The van der Waals surface area contributed by atoms with E-state index in [2.05, 4.69) is 0 Å². The second-order valence-corrected chi connectivity index (χ2v) is 4.23. The van der Waals surface area contributed by atoms with E-state index in [0.717, 1.165) is 12.0 Å². The molecule has 0 aromatic heterocycles. The van der Waals surface area contributed by atoms with Crippen LogP contribution in [0.5, 0.6) is 0 Å². The fourth-order valence-electron chi connectivity index (χ4n) is 1.74. The normalized spacial score (nSPS) is 10.2. The molecule has 0 fully saturated rings. The molecule has 0 atom stereocenters. The highest BCUT2D eigenvalue weighted by Crippen LogP contribution is 2.30. The average molecular weight is 264 g/mol. The molecule has 0 radical (unpaired) electrons. The summed E-state index contributed by atoms with van der Waals surface area (Å²) >= 11 is 5.97. The second kappa shape index (κ2) is 5.19. The van der Waals surface area contributed by atoms with Gasteiger partial charge in [-0.05, 0) is 36.4 Å². The van der Waals surface area contributed by atoms with Crippen molar-refractivity contribution in [2.24, 2.45) is 0 Å². The first-order chi connectivity index (χ1) is 8.63. The maximum atomic E-state index is 12.9. The Labute approximate surface area is 110 Å². The van der Waals surface area contributed by atoms with Crippen molar-refractivity contribution in [1.82, 2.24) is 0 Å². The molecule has 0 saturated carbocycles. The molecular formula is C14H11ClFNO. The van der Waals surface area contributed by atoms with Crippen molar-refractivity contribution in [3.05, 3.63) is 58.9 Å². The predicted octanol–water partition coefficient (Wildman–Crippen LogP) is 4.06. The lowest BCUT2D eigenvalue weighted by Crippen LogP contribution is -2.11. The average Bonchev–Trinajstić information content (AvgIpc) is 2.38. The van der Waals surface area contributed by atoms with Crippen molar-refractivity contribution in [2.45, 2.75) is 0 Å². The molecule has 0 aliphatic heterocycles. The maximum absolute atomic E-state index is 12.9. The van der Waals surface area contributed by atoms with E-state index in [9.17, 15) is 9.18 Å². The first-order valence-electron chi connectivity index (χ1n) is 5.36. The number of rotatable bonds is 3. The van der Waals surface area contributed by atoms with Crippen molar-refractivity contribution in [2.75, 3.05) is 11.9 Å². The Morgan fingerprint density at radius 3 is 2.44 bits per heavy atom. The minimum atomic E-state index is -0.297. The number of hydrogen-bond donors (Lipinski definition) is 0. The first kappa shape index (κ1) is 12.6. The molecule has 0 aliphatic carbocycles. The van der Waals surface area contributed by atoms with Gasteiger partial charge in [0.2, 0.25) is 0 Å². The summed E-state index contributed by atoms with van der Waals surface area (Å²) in [5.74, 6) is -0.297. The number of anilines is 2. The lowest BCUT2D eigenvalue weighted by Gasteiger charge is -2.21. The van der Waals surface area contributed by atoms with Gasteiger partial charge >= 0.3 is 0 Å². The van der Waals surface area contributed by atoms with Gasteiger partial charge in [0, 0.05) is 12.7 Å². The van der Waals surface area contributed by atoms with Crippen LogP contribution in [0.2, 0.25) is 5.02 Å². The van der Waals surface area contributed by atoms with Crippen molar-refractivity contribution in [3.63, 3.8) is 0 Å². The topological polar surface area (TPSA) is 20.3 Å². The van der Waals surface area contributed by atoms with Crippen molar-refractivity contribution in [3.8, 4) is 0 Å². The van der Waals surface area contributed by atoms with Crippen LogP contribution in [0.4, 0.5) is 15.8 Å². The monoisotopic (exact) mass is 263 g/mol. The van der Waals surface area contributed by atoms with Crippen LogP contribution in [0.25, 0.3) is 0 Å². The van der Waals surface area contributed by atoms with Gasteiger partial charge in [0.05, 0.1) is 16.3 Å². The molecule has 0 heterocycles. The number of aldehydes is 1. The number of carbonyl (C=O) groups excluding carboxylic acids is 1. The van der Waals surface area contributed by atoms with Gasteiger partial charge in [-0.2, -0.15) is 0 Å². The summed E-state index contributed by atoms with van der Waals surface area (Å²) < 4.78 is 12.9. The summed E-state index contributed by atoms with van der Waals surface area (Å²) in [5, 5.41) is 0.400. The third-order valence-electron chi connectivity index (χ3n) is 2.72. The molecule has 2 aromatic carbocycles. The quantitative estimate of drug-likeness (QED) is 0.779. The zero-order valence-electron chi connectivity index (χ0n) is 9.73. The molecule has 18 heavy (non-hydrogen) atoms. The number of nitrogens with zero attached hydrogens (tertiary/aromatic N) is 1. The highest BCUT2D eigenvalue weighted by molar-refractivity contribution is 6.33. The van der Waals surface area contributed by atoms with Gasteiger partial charge in [-0.15, -0.1) is 0 Å². The van der Waals surface area contributed by atoms with Gasteiger partial charge in [-0.3, -0.25) is 4.79 Å². The van der Waals surface area contributed by atoms with Crippen molar-refractivity contribution < 1.29 is 9.18 Å². The highest BCUT2D eigenvalue weighted by atomic mass is 35.5. The Morgan fingerprint density at radius 2 is 1.83 bits per heavy atom. The van der Waals surface area contributed by atoms with Crippen LogP contribution in [-0.4, -0.2) is 13.3 Å². The lowest BCUT2D eigenvalue weighted by molar-refractivity contribution is 0.112. The Bertz CT molecular complexity index is 569. The molecule has 0 bridgehead atoms. The zero-order valence-corrected chi connectivity index (χ0v) is 10.5. The summed E-state index contributed by atoms with van der Waals surface area (Å²) in [7, 11) is 1.80.